The number of carbonyl (C=O) groups is 5. The Hall–Kier alpha value is -6.28. The minimum atomic E-state index is -3.70. The van der Waals surface area contributed by atoms with Gasteiger partial charge in [-0.15, -0.1) is 5.01 Å². The van der Waals surface area contributed by atoms with Crippen molar-refractivity contribution in [2.45, 2.75) is 127 Å². The van der Waals surface area contributed by atoms with Crippen LogP contribution in [-0.4, -0.2) is 104 Å². The number of aliphatic carboxylic acids is 1. The summed E-state index contributed by atoms with van der Waals surface area (Å²) in [4.78, 5) is 73.7. The molecule has 2 N–H and O–H groups in total. The second-order valence-corrected chi connectivity index (χ2v) is 27.7. The number of nitrogens with one attached hydrogen (secondary N) is 1. The Morgan fingerprint density at radius 3 is 2.12 bits per heavy atom. The van der Waals surface area contributed by atoms with Gasteiger partial charge in [-0.3, -0.25) is 14.8 Å². The fraction of sp³-hybridized carbons (Fsp3) is 0.458. The van der Waals surface area contributed by atoms with Crippen molar-refractivity contribution in [3.63, 3.8) is 0 Å². The quantitative estimate of drug-likeness (QED) is 0.0573. The van der Waals surface area contributed by atoms with E-state index in [-0.39, 0.29) is 59.0 Å². The van der Waals surface area contributed by atoms with E-state index in [0.29, 0.717) is 34.4 Å². The highest BCUT2D eigenvalue weighted by atomic mass is 32.2. The molecule has 1 aromatic heterocycles. The van der Waals surface area contributed by atoms with Gasteiger partial charge in [-0.1, -0.05) is 31.8 Å². The zero-order chi connectivity index (χ0) is 50.5. The highest BCUT2D eigenvalue weighted by Crippen LogP contribution is 2.38. The van der Waals surface area contributed by atoms with Crippen LogP contribution in [0.3, 0.4) is 0 Å². The number of pyridine rings is 1. The molecule has 0 saturated heterocycles. The van der Waals surface area contributed by atoms with E-state index in [1.165, 1.54) is 73.8 Å². The smallest absolute Gasteiger partial charge is 0.439 e. The maximum Gasteiger partial charge on any atom is 0.439 e. The summed E-state index contributed by atoms with van der Waals surface area (Å²) in [5.41, 5.74) is -1.49. The molecule has 1 unspecified atom stereocenters. The highest BCUT2D eigenvalue weighted by molar-refractivity contribution is 7.92. The van der Waals surface area contributed by atoms with Crippen molar-refractivity contribution in [1.82, 2.24) is 14.9 Å². The average molecular weight is 980 g/mol. The van der Waals surface area contributed by atoms with Crippen LogP contribution in [0.2, 0.25) is 25.7 Å². The van der Waals surface area contributed by atoms with Gasteiger partial charge in [0.1, 0.15) is 22.8 Å². The Morgan fingerprint density at radius 1 is 0.897 bits per heavy atom. The van der Waals surface area contributed by atoms with Gasteiger partial charge in [-0.05, 0) is 126 Å². The molecule has 1 aliphatic rings. The molecule has 0 aliphatic heterocycles. The van der Waals surface area contributed by atoms with Crippen molar-refractivity contribution in [1.29, 1.82) is 0 Å². The molecule has 4 amide bonds. The molecule has 368 valence electrons. The Balaban J connectivity index is 1.49. The van der Waals surface area contributed by atoms with E-state index < -0.39 is 76.4 Å². The fourth-order valence-corrected chi connectivity index (χ4v) is 9.54. The average Bonchev–Trinajstić information content (AvgIpc) is 4.08. The Morgan fingerprint density at radius 2 is 1.54 bits per heavy atom. The van der Waals surface area contributed by atoms with Crippen LogP contribution >= 0.6 is 0 Å². The standard InChI is InChI=1S/C48H62FN5O12SSi/c1-47(2,3)65-45(59)54(46(60)66-48(4,5)6)53(35-15-13-31-27-50-28-39(49)38(31)26-35)42(43(56)57)32-22-30(23-36(25-32)63-8)12-19-41(55)51-34-14-18-40(67(61,62)37-16-17-37)33(24-34)29-52(7)44(58)64-20-21-68(9,10)11/h13-15,18,22-28,37,42H,12,16-17,19-21,29H2,1-11H3,(H,51,55)(H,56,57). The van der Waals surface area contributed by atoms with E-state index >= 15 is 4.39 Å². The highest BCUT2D eigenvalue weighted by Gasteiger charge is 2.43. The number of carboxylic acid groups (broad SMARTS) is 1. The topological polar surface area (TPSA) is 211 Å². The number of sulfone groups is 1. The molecule has 20 heteroatoms. The summed E-state index contributed by atoms with van der Waals surface area (Å²) < 4.78 is 64.6. The van der Waals surface area contributed by atoms with Gasteiger partial charge in [0.05, 0.1) is 42.3 Å². The van der Waals surface area contributed by atoms with Crippen LogP contribution in [0.15, 0.2) is 71.9 Å². The van der Waals surface area contributed by atoms with Crippen LogP contribution in [0.4, 0.5) is 30.1 Å². The van der Waals surface area contributed by atoms with Crippen LogP contribution in [0, 0.1) is 5.82 Å². The van der Waals surface area contributed by atoms with Crippen molar-refractivity contribution in [3.05, 3.63) is 89.5 Å². The van der Waals surface area contributed by atoms with Gasteiger partial charge in [-0.2, -0.15) is 0 Å². The Bertz CT molecular complexity index is 2630. The number of methoxy groups -OCH3 is 1. The lowest BCUT2D eigenvalue weighted by Gasteiger charge is -2.39. The number of halogens is 1. The van der Waals surface area contributed by atoms with E-state index in [4.69, 9.17) is 18.9 Å². The second kappa shape index (κ2) is 20.9. The molecular formula is C48H62FN5O12SSi. The lowest BCUT2D eigenvalue weighted by Crippen LogP contribution is -2.56. The van der Waals surface area contributed by atoms with Crippen LogP contribution in [0.1, 0.15) is 83.5 Å². The van der Waals surface area contributed by atoms with Crippen molar-refractivity contribution in [2.24, 2.45) is 0 Å². The molecule has 1 saturated carbocycles. The minimum absolute atomic E-state index is 0.00554. The third-order valence-electron chi connectivity index (χ3n) is 10.4. The van der Waals surface area contributed by atoms with E-state index in [1.807, 2.05) is 0 Å². The van der Waals surface area contributed by atoms with Crippen LogP contribution in [0.5, 0.6) is 5.75 Å². The summed E-state index contributed by atoms with van der Waals surface area (Å²) in [5, 5.41) is 15.0. The number of carboxylic acids is 1. The maximum atomic E-state index is 15.3. The first-order valence-electron chi connectivity index (χ1n) is 22.1. The molecule has 1 fully saturated rings. The van der Waals surface area contributed by atoms with Gasteiger partial charge < -0.3 is 34.3 Å². The second-order valence-electron chi connectivity index (χ2n) is 19.9. The summed E-state index contributed by atoms with van der Waals surface area (Å²) in [7, 11) is -2.32. The number of hydrogen-bond donors (Lipinski definition) is 2. The predicted molar refractivity (Wildman–Crippen MR) is 256 cm³/mol. The summed E-state index contributed by atoms with van der Waals surface area (Å²) in [6, 6.07) is 11.8. The number of amides is 4. The summed E-state index contributed by atoms with van der Waals surface area (Å²) in [6.07, 6.45) is 0.0866. The number of hydrogen-bond acceptors (Lipinski definition) is 13. The van der Waals surface area contributed by atoms with E-state index in [9.17, 15) is 37.5 Å². The number of anilines is 2. The number of aryl methyl sites for hydroxylation is 1. The van der Waals surface area contributed by atoms with Gasteiger partial charge in [0, 0.05) is 44.2 Å². The summed E-state index contributed by atoms with van der Waals surface area (Å²) in [5.74, 6) is -2.62. The van der Waals surface area contributed by atoms with Crippen molar-refractivity contribution < 1.29 is 60.8 Å². The zero-order valence-corrected chi connectivity index (χ0v) is 42.3. The minimum Gasteiger partial charge on any atom is -0.497 e. The lowest BCUT2D eigenvalue weighted by molar-refractivity contribution is -0.139. The van der Waals surface area contributed by atoms with Gasteiger partial charge in [-0.25, -0.2) is 32.0 Å². The molecule has 3 aromatic carbocycles. The van der Waals surface area contributed by atoms with Crippen molar-refractivity contribution >= 4 is 70.2 Å². The van der Waals surface area contributed by atoms with Gasteiger partial charge in [0.2, 0.25) is 5.91 Å². The molecule has 4 aromatic rings. The molecule has 5 rings (SSSR count). The van der Waals surface area contributed by atoms with Gasteiger partial charge in [0.25, 0.3) is 0 Å². The monoisotopic (exact) mass is 979 g/mol. The zero-order valence-electron chi connectivity index (χ0n) is 40.5. The lowest BCUT2D eigenvalue weighted by atomic mass is 9.99. The number of aromatic nitrogens is 1. The van der Waals surface area contributed by atoms with E-state index in [1.54, 1.807) is 47.6 Å². The fourth-order valence-electron chi connectivity index (χ4n) is 6.97. The van der Waals surface area contributed by atoms with Gasteiger partial charge in [0.15, 0.2) is 15.9 Å². The normalized spacial score (nSPS) is 13.5. The van der Waals surface area contributed by atoms with Crippen LogP contribution in [-0.2, 0) is 46.6 Å². The molecule has 1 heterocycles. The molecule has 0 bridgehead atoms. The van der Waals surface area contributed by atoms with E-state index in [2.05, 4.69) is 29.9 Å². The van der Waals surface area contributed by atoms with Crippen LogP contribution < -0.4 is 15.1 Å². The maximum absolute atomic E-state index is 15.3. The number of fused-ring (bicyclic) bond motifs is 1. The molecule has 0 radical (unpaired) electrons. The first-order chi connectivity index (χ1) is 31.6. The number of carbonyl (C=O) groups excluding carboxylic acids is 4. The summed E-state index contributed by atoms with van der Waals surface area (Å²) in [6.45, 7) is 16.0. The SMILES string of the molecule is COc1cc(CCC(=O)Nc2ccc(S(=O)(=O)C3CC3)c(CN(C)C(=O)OCC[Si](C)(C)C)c2)cc(C(C(=O)O)N(c2ccc3cncc(F)c3c2)N(C(=O)OC(C)(C)C)C(=O)OC(C)(C)C)c1. The predicted octanol–water partition coefficient (Wildman–Crippen LogP) is 9.52. The third kappa shape index (κ3) is 14.1. The van der Waals surface area contributed by atoms with Gasteiger partial charge >= 0.3 is 24.2 Å². The Kier molecular flexibility index (Phi) is 16.2. The molecule has 17 nitrogen and oxygen atoms in total. The number of hydrazine groups is 1. The molecule has 68 heavy (non-hydrogen) atoms. The molecule has 0 spiro atoms. The van der Waals surface area contributed by atoms with Crippen LogP contribution in [0.25, 0.3) is 10.8 Å². The van der Waals surface area contributed by atoms with Crippen molar-refractivity contribution in [2.75, 3.05) is 31.1 Å². The van der Waals surface area contributed by atoms with E-state index in [0.717, 1.165) is 17.2 Å². The summed E-state index contributed by atoms with van der Waals surface area (Å²) >= 11 is 0. The first-order valence-corrected chi connectivity index (χ1v) is 27.4. The Labute approximate surface area is 397 Å². The first kappa shape index (κ1) is 52.7. The molecule has 1 atom stereocenters. The number of imide groups is 1. The molecular weight excluding hydrogens is 918 g/mol. The number of nitrogens with zero attached hydrogens (tertiary/aromatic N) is 4. The number of benzene rings is 3. The molecule has 1 aliphatic carbocycles. The number of rotatable bonds is 17. The number of ether oxygens (including phenoxy) is 4. The largest absolute Gasteiger partial charge is 0.497 e. The third-order valence-corrected chi connectivity index (χ3v) is 14.4. The van der Waals surface area contributed by atoms with Crippen molar-refractivity contribution in [3.8, 4) is 5.75 Å².